The third kappa shape index (κ3) is 4.30. The van der Waals surface area contributed by atoms with E-state index in [-0.39, 0.29) is 5.92 Å². The summed E-state index contributed by atoms with van der Waals surface area (Å²) in [6.45, 7) is 4.66. The number of fused-ring (bicyclic) bond motifs is 1. The fourth-order valence-electron chi connectivity index (χ4n) is 4.06. The van der Waals surface area contributed by atoms with Crippen LogP contribution < -0.4 is 5.32 Å². The Balaban J connectivity index is 1.33. The van der Waals surface area contributed by atoms with Gasteiger partial charge in [0.2, 0.25) is 11.7 Å². The van der Waals surface area contributed by atoms with Crippen LogP contribution in [0.4, 0.5) is 5.69 Å². The molecule has 0 saturated carbocycles. The predicted octanol–water partition coefficient (Wildman–Crippen LogP) is 6.72. The molecule has 170 valence electrons. The summed E-state index contributed by atoms with van der Waals surface area (Å²) in [4.78, 5) is 17.1. The van der Waals surface area contributed by atoms with Crippen molar-refractivity contribution in [3.63, 3.8) is 0 Å². The van der Waals surface area contributed by atoms with Crippen LogP contribution >= 0.6 is 11.3 Å². The Morgan fingerprint density at radius 2 is 1.91 bits per heavy atom. The van der Waals surface area contributed by atoms with E-state index >= 15 is 0 Å². The molecular weight excluding hydrogens is 446 g/mol. The van der Waals surface area contributed by atoms with Crippen molar-refractivity contribution in [1.82, 2.24) is 10.1 Å². The van der Waals surface area contributed by atoms with Gasteiger partial charge in [0.15, 0.2) is 0 Å². The van der Waals surface area contributed by atoms with Crippen LogP contribution in [-0.4, -0.2) is 21.2 Å². The van der Waals surface area contributed by atoms with E-state index in [1.165, 1.54) is 22.1 Å². The molecule has 3 aromatic carbocycles. The Kier molecular flexibility index (Phi) is 5.86. The average molecular weight is 470 g/mol. The lowest BCUT2D eigenvalue weighted by molar-refractivity contribution is 0.0702. The minimum absolute atomic E-state index is 0.0316. The first-order valence-electron chi connectivity index (χ1n) is 11.0. The van der Waals surface area contributed by atoms with Crippen LogP contribution in [0.2, 0.25) is 0 Å². The van der Waals surface area contributed by atoms with Gasteiger partial charge in [-0.05, 0) is 66.1 Å². The smallest absolute Gasteiger partial charge is 0.345 e. The number of aromatic carboxylic acids is 1. The van der Waals surface area contributed by atoms with Gasteiger partial charge in [0.1, 0.15) is 4.88 Å². The number of aryl methyl sites for hydroxylation is 1. The first-order chi connectivity index (χ1) is 16.5. The molecule has 0 saturated heterocycles. The lowest BCUT2D eigenvalue weighted by Crippen LogP contribution is -2.00. The molecule has 0 radical (unpaired) electrons. The molecule has 5 rings (SSSR count). The Hall–Kier alpha value is -3.97. The molecule has 6 nitrogen and oxygen atoms in total. The number of rotatable bonds is 7. The normalized spacial score (nSPS) is 12.1. The van der Waals surface area contributed by atoms with Crippen molar-refractivity contribution in [2.24, 2.45) is 0 Å². The number of nitrogens with one attached hydrogen (secondary N) is 1. The maximum atomic E-state index is 11.1. The largest absolute Gasteiger partial charge is 0.477 e. The lowest BCUT2D eigenvalue weighted by atomic mass is 9.95. The van der Waals surface area contributed by atoms with Gasteiger partial charge in [-0.15, -0.1) is 11.3 Å². The number of nitrogens with zero attached hydrogens (tertiary/aromatic N) is 2. The number of carbonyl (C=O) groups is 1. The molecule has 0 aliphatic carbocycles. The van der Waals surface area contributed by atoms with Crippen molar-refractivity contribution in [3.8, 4) is 11.4 Å². The van der Waals surface area contributed by atoms with Crippen molar-refractivity contribution < 1.29 is 14.4 Å². The summed E-state index contributed by atoms with van der Waals surface area (Å²) < 4.78 is 5.66. The summed E-state index contributed by atoms with van der Waals surface area (Å²) in [5.74, 6) is 0.209. The van der Waals surface area contributed by atoms with Crippen LogP contribution in [0.1, 0.15) is 44.4 Å². The Bertz CT molecular complexity index is 1480. The van der Waals surface area contributed by atoms with Gasteiger partial charge in [-0.1, -0.05) is 47.6 Å². The number of thiophene rings is 1. The van der Waals surface area contributed by atoms with Crippen LogP contribution in [0.15, 0.2) is 77.3 Å². The summed E-state index contributed by atoms with van der Waals surface area (Å²) in [6, 6.07) is 24.0. The van der Waals surface area contributed by atoms with Crippen LogP contribution in [0, 0.1) is 6.92 Å². The second kappa shape index (κ2) is 9.11. The van der Waals surface area contributed by atoms with E-state index in [1.807, 2.05) is 43.3 Å². The molecule has 0 bridgehead atoms. The Labute approximate surface area is 200 Å². The van der Waals surface area contributed by atoms with Gasteiger partial charge in [0, 0.05) is 22.7 Å². The van der Waals surface area contributed by atoms with Crippen molar-refractivity contribution in [2.75, 3.05) is 5.32 Å². The standard InChI is InChI=1S/C27H23N3O3S/c1-16-14-19(10-12-23(16)28-15-20-11-13-24(34-20)27(31)32)25-29-26(33-30-25)17(2)21-9-5-7-18-6-3-4-8-22(18)21/h3-14,17,28H,15H2,1-2H3,(H,31,32). The third-order valence-electron chi connectivity index (χ3n) is 5.91. The molecule has 7 heteroatoms. The van der Waals surface area contributed by atoms with E-state index in [0.29, 0.717) is 23.1 Å². The van der Waals surface area contributed by atoms with Crippen LogP contribution in [0.5, 0.6) is 0 Å². The van der Waals surface area contributed by atoms with E-state index < -0.39 is 5.97 Å². The summed E-state index contributed by atoms with van der Waals surface area (Å²) in [6.07, 6.45) is 0. The molecule has 1 atom stereocenters. The highest BCUT2D eigenvalue weighted by Gasteiger charge is 2.19. The number of hydrogen-bond acceptors (Lipinski definition) is 6. The number of aromatic nitrogens is 2. The van der Waals surface area contributed by atoms with Gasteiger partial charge >= 0.3 is 5.97 Å². The van der Waals surface area contributed by atoms with Gasteiger partial charge in [-0.25, -0.2) is 4.79 Å². The van der Waals surface area contributed by atoms with E-state index in [1.54, 1.807) is 6.07 Å². The number of carboxylic acid groups (broad SMARTS) is 1. The van der Waals surface area contributed by atoms with Crippen molar-refractivity contribution in [3.05, 3.63) is 99.6 Å². The van der Waals surface area contributed by atoms with Gasteiger partial charge in [0.05, 0.1) is 5.92 Å². The molecule has 1 unspecified atom stereocenters. The third-order valence-corrected chi connectivity index (χ3v) is 6.99. The summed E-state index contributed by atoms with van der Waals surface area (Å²) in [7, 11) is 0. The Morgan fingerprint density at radius 3 is 2.71 bits per heavy atom. The van der Waals surface area contributed by atoms with Crippen LogP contribution in [-0.2, 0) is 6.54 Å². The quantitative estimate of drug-likeness (QED) is 0.275. The van der Waals surface area contributed by atoms with Crippen LogP contribution in [0.3, 0.4) is 0 Å². The van der Waals surface area contributed by atoms with Gasteiger partial charge < -0.3 is 14.9 Å². The zero-order valence-electron chi connectivity index (χ0n) is 18.8. The summed E-state index contributed by atoms with van der Waals surface area (Å²) >= 11 is 1.28. The van der Waals surface area contributed by atoms with E-state index in [4.69, 9.17) is 14.6 Å². The number of benzene rings is 3. The highest BCUT2D eigenvalue weighted by Crippen LogP contribution is 2.31. The molecule has 5 aromatic rings. The predicted molar refractivity (Wildman–Crippen MR) is 135 cm³/mol. The first kappa shape index (κ1) is 21.9. The van der Waals surface area contributed by atoms with Crippen molar-refractivity contribution in [2.45, 2.75) is 26.3 Å². The maximum absolute atomic E-state index is 11.1. The van der Waals surface area contributed by atoms with Gasteiger partial charge in [0.25, 0.3) is 0 Å². The zero-order chi connectivity index (χ0) is 23.7. The number of hydrogen-bond donors (Lipinski definition) is 2. The molecule has 0 fully saturated rings. The molecule has 0 spiro atoms. The highest BCUT2D eigenvalue weighted by molar-refractivity contribution is 7.13. The fraction of sp³-hybridized carbons (Fsp3) is 0.148. The first-order valence-corrected chi connectivity index (χ1v) is 11.8. The van der Waals surface area contributed by atoms with Gasteiger partial charge in [-0.3, -0.25) is 0 Å². The Morgan fingerprint density at radius 1 is 1.09 bits per heavy atom. The highest BCUT2D eigenvalue weighted by atomic mass is 32.1. The average Bonchev–Trinajstić information content (AvgIpc) is 3.53. The molecule has 0 amide bonds. The van der Waals surface area contributed by atoms with E-state index in [9.17, 15) is 4.79 Å². The second-order valence-electron chi connectivity index (χ2n) is 8.20. The SMILES string of the molecule is Cc1cc(-c2noc(C(C)c3cccc4ccccc34)n2)ccc1NCc1ccc(C(=O)O)s1. The number of anilines is 1. The lowest BCUT2D eigenvalue weighted by Gasteiger charge is -2.11. The summed E-state index contributed by atoms with van der Waals surface area (Å²) in [5, 5.41) is 19.1. The maximum Gasteiger partial charge on any atom is 0.345 e. The molecule has 2 heterocycles. The van der Waals surface area contributed by atoms with Gasteiger partial charge in [-0.2, -0.15) is 4.98 Å². The molecule has 2 N–H and O–H groups in total. The fourth-order valence-corrected chi connectivity index (χ4v) is 4.85. The van der Waals surface area contributed by atoms with Crippen LogP contribution in [0.25, 0.3) is 22.2 Å². The molecule has 0 aliphatic heterocycles. The number of carboxylic acids is 1. The van der Waals surface area contributed by atoms with E-state index in [2.05, 4.69) is 47.7 Å². The van der Waals surface area contributed by atoms with E-state index in [0.717, 1.165) is 27.3 Å². The second-order valence-corrected chi connectivity index (χ2v) is 9.37. The van der Waals surface area contributed by atoms with Crippen molar-refractivity contribution in [1.29, 1.82) is 0 Å². The molecular formula is C27H23N3O3S. The summed E-state index contributed by atoms with van der Waals surface area (Å²) in [5.41, 5.74) is 4.05. The molecule has 34 heavy (non-hydrogen) atoms. The zero-order valence-corrected chi connectivity index (χ0v) is 19.6. The topological polar surface area (TPSA) is 88.3 Å². The van der Waals surface area contributed by atoms with Crippen molar-refractivity contribution >= 4 is 33.8 Å². The molecule has 0 aliphatic rings. The minimum atomic E-state index is -0.897. The minimum Gasteiger partial charge on any atom is -0.477 e. The monoisotopic (exact) mass is 469 g/mol. The molecule has 2 aromatic heterocycles.